The average Bonchev–Trinajstić information content (AvgIpc) is 2.37. The molecule has 1 N–H and O–H groups in total. The van der Waals surface area contributed by atoms with Crippen molar-refractivity contribution >= 4 is 11.6 Å². The molecule has 0 saturated heterocycles. The minimum atomic E-state index is -0.252. The maximum absolute atomic E-state index is 12.1. The summed E-state index contributed by atoms with van der Waals surface area (Å²) < 4.78 is 5.73. The van der Waals surface area contributed by atoms with Gasteiger partial charge < -0.3 is 10.1 Å². The van der Waals surface area contributed by atoms with E-state index in [1.54, 1.807) is 36.5 Å². The van der Waals surface area contributed by atoms with Gasteiger partial charge in [0.15, 0.2) is 0 Å². The van der Waals surface area contributed by atoms with Crippen molar-refractivity contribution in [3.05, 3.63) is 53.9 Å². The van der Waals surface area contributed by atoms with Crippen molar-refractivity contribution in [3.8, 4) is 5.75 Å². The van der Waals surface area contributed by atoms with Crippen LogP contribution in [0.5, 0.6) is 5.75 Å². The molecule has 0 spiro atoms. The predicted octanol–water partition coefficient (Wildman–Crippen LogP) is 3.82. The number of carbonyl (C=O) groups is 1. The van der Waals surface area contributed by atoms with Crippen molar-refractivity contribution < 1.29 is 9.53 Å². The van der Waals surface area contributed by atoms with Crippen LogP contribution in [-0.4, -0.2) is 16.5 Å². The molecule has 0 bridgehead atoms. The maximum Gasteiger partial charge on any atom is 0.255 e. The first-order valence-electron chi connectivity index (χ1n) is 6.86. The largest absolute Gasteiger partial charge is 0.488 e. The van der Waals surface area contributed by atoms with Crippen LogP contribution in [-0.2, 0) is 0 Å². The molecule has 21 heavy (non-hydrogen) atoms. The number of pyridine rings is 1. The van der Waals surface area contributed by atoms with Gasteiger partial charge in [0.1, 0.15) is 11.4 Å². The van der Waals surface area contributed by atoms with Crippen molar-refractivity contribution in [2.45, 2.75) is 33.3 Å². The molecule has 0 aliphatic heterocycles. The number of amides is 1. The molecule has 1 amide bonds. The van der Waals surface area contributed by atoms with Gasteiger partial charge in [0.05, 0.1) is 0 Å². The van der Waals surface area contributed by atoms with Crippen LogP contribution in [0.2, 0.25) is 0 Å². The Balaban J connectivity index is 2.06. The molecule has 1 aromatic heterocycles. The molecule has 0 radical (unpaired) electrons. The maximum atomic E-state index is 12.1. The molecule has 1 aromatic carbocycles. The number of nitrogens with one attached hydrogen (secondary N) is 1. The van der Waals surface area contributed by atoms with Crippen molar-refractivity contribution in [3.63, 3.8) is 0 Å². The van der Waals surface area contributed by atoms with E-state index < -0.39 is 0 Å². The Morgan fingerprint density at radius 3 is 2.38 bits per heavy atom. The van der Waals surface area contributed by atoms with Gasteiger partial charge >= 0.3 is 0 Å². The molecule has 0 unspecified atom stereocenters. The number of hydrogen-bond donors (Lipinski definition) is 1. The topological polar surface area (TPSA) is 51.2 Å². The number of nitrogens with zero attached hydrogens (tertiary/aromatic N) is 1. The molecular formula is C17H20N2O2. The first kappa shape index (κ1) is 15.0. The first-order chi connectivity index (χ1) is 9.83. The van der Waals surface area contributed by atoms with E-state index in [1.165, 1.54) is 0 Å². The normalized spacial score (nSPS) is 11.0. The monoisotopic (exact) mass is 284 g/mol. The van der Waals surface area contributed by atoms with Crippen LogP contribution in [0.25, 0.3) is 0 Å². The van der Waals surface area contributed by atoms with Gasteiger partial charge in [-0.3, -0.25) is 9.78 Å². The summed E-state index contributed by atoms with van der Waals surface area (Å²) in [5.41, 5.74) is 1.94. The molecule has 0 aliphatic rings. The minimum absolute atomic E-state index is 0.150. The quantitative estimate of drug-likeness (QED) is 0.932. The van der Waals surface area contributed by atoms with Gasteiger partial charge in [-0.05, 0) is 64.1 Å². The Labute approximate surface area is 125 Å². The van der Waals surface area contributed by atoms with E-state index in [-0.39, 0.29) is 11.5 Å². The second-order valence-electron chi connectivity index (χ2n) is 5.88. The lowest BCUT2D eigenvalue weighted by Gasteiger charge is -2.21. The lowest BCUT2D eigenvalue weighted by Crippen LogP contribution is -2.23. The van der Waals surface area contributed by atoms with Crippen LogP contribution in [0.4, 0.5) is 5.69 Å². The van der Waals surface area contributed by atoms with E-state index in [0.29, 0.717) is 5.56 Å². The standard InChI is InChI=1S/C17H20N2O2/c1-12-11-14(9-10-18-12)19-16(20)13-5-7-15(8-6-13)21-17(2,3)4/h5-11H,1-4H3,(H,18,19,20). The fraction of sp³-hybridized carbons (Fsp3) is 0.294. The van der Waals surface area contributed by atoms with Gasteiger partial charge in [0.25, 0.3) is 5.91 Å². The van der Waals surface area contributed by atoms with Crippen molar-refractivity contribution in [1.82, 2.24) is 4.98 Å². The van der Waals surface area contributed by atoms with E-state index in [1.807, 2.05) is 33.8 Å². The Hall–Kier alpha value is -2.36. The van der Waals surface area contributed by atoms with E-state index in [4.69, 9.17) is 4.74 Å². The Bertz CT molecular complexity index is 628. The van der Waals surface area contributed by atoms with Gasteiger partial charge in [-0.2, -0.15) is 0 Å². The number of aromatic nitrogens is 1. The fourth-order valence-electron chi connectivity index (χ4n) is 1.85. The molecule has 0 saturated carbocycles. The molecule has 1 heterocycles. The molecule has 110 valence electrons. The minimum Gasteiger partial charge on any atom is -0.488 e. The molecule has 0 fully saturated rings. The van der Waals surface area contributed by atoms with Crippen molar-refractivity contribution in [1.29, 1.82) is 0 Å². The Morgan fingerprint density at radius 2 is 1.81 bits per heavy atom. The Morgan fingerprint density at radius 1 is 1.14 bits per heavy atom. The van der Waals surface area contributed by atoms with Gasteiger partial charge in [-0.25, -0.2) is 0 Å². The van der Waals surface area contributed by atoms with E-state index >= 15 is 0 Å². The van der Waals surface area contributed by atoms with Crippen LogP contribution < -0.4 is 10.1 Å². The summed E-state index contributed by atoms with van der Waals surface area (Å²) in [4.78, 5) is 16.2. The van der Waals surface area contributed by atoms with Crippen LogP contribution >= 0.6 is 0 Å². The highest BCUT2D eigenvalue weighted by Gasteiger charge is 2.12. The summed E-state index contributed by atoms with van der Waals surface area (Å²) in [5.74, 6) is 0.599. The smallest absolute Gasteiger partial charge is 0.255 e. The van der Waals surface area contributed by atoms with Crippen molar-refractivity contribution in [2.24, 2.45) is 0 Å². The van der Waals surface area contributed by atoms with Crippen molar-refractivity contribution in [2.75, 3.05) is 5.32 Å². The van der Waals surface area contributed by atoms with Crippen LogP contribution in [0, 0.1) is 6.92 Å². The van der Waals surface area contributed by atoms with E-state index in [0.717, 1.165) is 17.1 Å². The number of aryl methyl sites for hydroxylation is 1. The van der Waals surface area contributed by atoms with Crippen LogP contribution in [0.15, 0.2) is 42.6 Å². The summed E-state index contributed by atoms with van der Waals surface area (Å²) in [6.07, 6.45) is 1.67. The molecular weight excluding hydrogens is 264 g/mol. The highest BCUT2D eigenvalue weighted by atomic mass is 16.5. The van der Waals surface area contributed by atoms with E-state index in [9.17, 15) is 4.79 Å². The third kappa shape index (κ3) is 4.60. The zero-order chi connectivity index (χ0) is 15.5. The Kier molecular flexibility index (Phi) is 4.26. The predicted molar refractivity (Wildman–Crippen MR) is 83.8 cm³/mol. The number of ether oxygens (including phenoxy) is 1. The lowest BCUT2D eigenvalue weighted by molar-refractivity contribution is 0.102. The van der Waals surface area contributed by atoms with Gasteiger partial charge in [-0.1, -0.05) is 0 Å². The highest BCUT2D eigenvalue weighted by molar-refractivity contribution is 6.04. The summed E-state index contributed by atoms with van der Waals surface area (Å²) in [6.45, 7) is 7.84. The van der Waals surface area contributed by atoms with Crippen LogP contribution in [0.1, 0.15) is 36.8 Å². The van der Waals surface area contributed by atoms with Gasteiger partial charge in [0, 0.05) is 23.1 Å². The van der Waals surface area contributed by atoms with Gasteiger partial charge in [-0.15, -0.1) is 0 Å². The third-order valence-corrected chi connectivity index (χ3v) is 2.70. The molecule has 4 nitrogen and oxygen atoms in total. The highest BCUT2D eigenvalue weighted by Crippen LogP contribution is 2.19. The lowest BCUT2D eigenvalue weighted by atomic mass is 10.1. The zero-order valence-corrected chi connectivity index (χ0v) is 12.8. The summed E-state index contributed by atoms with van der Waals surface area (Å²) in [6, 6.07) is 10.7. The van der Waals surface area contributed by atoms with Crippen LogP contribution in [0.3, 0.4) is 0 Å². The SMILES string of the molecule is Cc1cc(NC(=O)c2ccc(OC(C)(C)C)cc2)ccn1. The summed E-state index contributed by atoms with van der Waals surface area (Å²) >= 11 is 0. The fourth-order valence-corrected chi connectivity index (χ4v) is 1.85. The average molecular weight is 284 g/mol. The number of rotatable bonds is 3. The number of benzene rings is 1. The first-order valence-corrected chi connectivity index (χ1v) is 6.86. The van der Waals surface area contributed by atoms with Gasteiger partial charge in [0.2, 0.25) is 0 Å². The molecule has 2 rings (SSSR count). The molecule has 0 atom stereocenters. The van der Waals surface area contributed by atoms with E-state index in [2.05, 4.69) is 10.3 Å². The summed E-state index contributed by atoms with van der Waals surface area (Å²) in [5, 5.41) is 2.85. The molecule has 4 heteroatoms. The third-order valence-electron chi connectivity index (χ3n) is 2.70. The molecule has 2 aromatic rings. The molecule has 0 aliphatic carbocycles. The summed E-state index contributed by atoms with van der Waals surface area (Å²) in [7, 11) is 0. The number of hydrogen-bond acceptors (Lipinski definition) is 3. The second kappa shape index (κ2) is 5.95. The number of carbonyl (C=O) groups excluding carboxylic acids is 1. The second-order valence-corrected chi connectivity index (χ2v) is 5.88. The zero-order valence-electron chi connectivity index (χ0n) is 12.8. The number of anilines is 1.